The average Bonchev–Trinajstić information content (AvgIpc) is 2.61. The van der Waals surface area contributed by atoms with E-state index in [-0.39, 0.29) is 5.92 Å². The first-order chi connectivity index (χ1) is 12.5. The number of benzene rings is 1. The minimum absolute atomic E-state index is 0.245. The average molecular weight is 400 g/mol. The Bertz CT molecular complexity index is 622. The molecule has 0 saturated heterocycles. The van der Waals surface area contributed by atoms with Crippen LogP contribution in [0.4, 0.5) is 30.7 Å². The quantitative estimate of drug-likeness (QED) is 0.451. The molecule has 1 saturated carbocycles. The number of alkyl halides is 7. The molecule has 1 unspecified atom stereocenters. The molecule has 2 rings (SSSR count). The Kier molecular flexibility index (Phi) is 6.42. The molecule has 1 aromatic carbocycles. The zero-order chi connectivity index (χ0) is 20.3. The van der Waals surface area contributed by atoms with Crippen molar-refractivity contribution < 1.29 is 40.3 Å². The van der Waals surface area contributed by atoms with Crippen molar-refractivity contribution in [2.24, 2.45) is 5.92 Å². The van der Waals surface area contributed by atoms with Crippen molar-refractivity contribution in [3.8, 4) is 0 Å². The molecular formula is C18H19F7O2. The van der Waals surface area contributed by atoms with Crippen LogP contribution in [0, 0.1) is 5.92 Å². The standard InChI is InChI=1S/C18H19F7O2/c19-16(20,17(21,22)18(23,24)25)11-27-15(26)14(12-7-3-1-4-8-12)13-9-5-2-6-10-13/h1,3-4,7-8,13-14H,2,5-6,9-11H2. The van der Waals surface area contributed by atoms with E-state index in [0.717, 1.165) is 19.3 Å². The van der Waals surface area contributed by atoms with Gasteiger partial charge in [-0.05, 0) is 24.3 Å². The number of rotatable bonds is 6. The van der Waals surface area contributed by atoms with Crippen molar-refractivity contribution in [3.63, 3.8) is 0 Å². The summed E-state index contributed by atoms with van der Waals surface area (Å²) in [5.41, 5.74) is 0.459. The van der Waals surface area contributed by atoms with E-state index in [4.69, 9.17) is 0 Å². The maximum atomic E-state index is 13.4. The lowest BCUT2D eigenvalue weighted by Crippen LogP contribution is -2.54. The number of esters is 1. The Morgan fingerprint density at radius 2 is 1.52 bits per heavy atom. The summed E-state index contributed by atoms with van der Waals surface area (Å²) in [6.07, 6.45) is -2.66. The van der Waals surface area contributed by atoms with Crippen molar-refractivity contribution in [2.75, 3.05) is 6.61 Å². The first-order valence-electron chi connectivity index (χ1n) is 8.51. The predicted molar refractivity (Wildman–Crippen MR) is 82.7 cm³/mol. The minimum atomic E-state index is -6.45. The van der Waals surface area contributed by atoms with Crippen molar-refractivity contribution in [2.45, 2.75) is 56.0 Å². The monoisotopic (exact) mass is 400 g/mol. The van der Waals surface area contributed by atoms with Gasteiger partial charge in [0.15, 0.2) is 6.61 Å². The van der Waals surface area contributed by atoms with Gasteiger partial charge in [-0.3, -0.25) is 4.79 Å². The summed E-state index contributed by atoms with van der Waals surface area (Å²) in [6.45, 7) is -2.34. The second-order valence-corrected chi connectivity index (χ2v) is 6.67. The van der Waals surface area contributed by atoms with Gasteiger partial charge < -0.3 is 4.74 Å². The lowest BCUT2D eigenvalue weighted by atomic mass is 9.77. The first kappa shape index (κ1) is 21.5. The fourth-order valence-electron chi connectivity index (χ4n) is 3.28. The van der Waals surface area contributed by atoms with Crippen LogP contribution in [-0.4, -0.2) is 30.6 Å². The molecule has 0 heterocycles. The fourth-order valence-corrected chi connectivity index (χ4v) is 3.28. The third-order valence-electron chi connectivity index (χ3n) is 4.74. The van der Waals surface area contributed by atoms with E-state index in [1.807, 2.05) is 0 Å². The molecule has 152 valence electrons. The Morgan fingerprint density at radius 3 is 2.04 bits per heavy atom. The van der Waals surface area contributed by atoms with E-state index in [9.17, 15) is 35.5 Å². The highest BCUT2D eigenvalue weighted by atomic mass is 19.4. The van der Waals surface area contributed by atoms with Crippen molar-refractivity contribution in [1.29, 1.82) is 0 Å². The Morgan fingerprint density at radius 1 is 0.963 bits per heavy atom. The van der Waals surface area contributed by atoms with Gasteiger partial charge in [0.05, 0.1) is 5.92 Å². The lowest BCUT2D eigenvalue weighted by Gasteiger charge is -2.31. The van der Waals surface area contributed by atoms with Crippen molar-refractivity contribution in [1.82, 2.24) is 0 Å². The van der Waals surface area contributed by atoms with Crippen LogP contribution in [0.25, 0.3) is 0 Å². The van der Waals surface area contributed by atoms with Crippen LogP contribution < -0.4 is 0 Å². The van der Waals surface area contributed by atoms with Crippen LogP contribution in [-0.2, 0) is 9.53 Å². The highest BCUT2D eigenvalue weighted by Gasteiger charge is 2.73. The van der Waals surface area contributed by atoms with Gasteiger partial charge in [-0.15, -0.1) is 0 Å². The molecule has 0 aromatic heterocycles. The van der Waals surface area contributed by atoms with Gasteiger partial charge in [0, 0.05) is 0 Å². The smallest absolute Gasteiger partial charge is 0.459 e. The van der Waals surface area contributed by atoms with Crippen LogP contribution in [0.15, 0.2) is 30.3 Å². The molecule has 1 atom stereocenters. The summed E-state index contributed by atoms with van der Waals surface area (Å²) in [7, 11) is 0. The van der Waals surface area contributed by atoms with Crippen LogP contribution in [0.5, 0.6) is 0 Å². The molecular weight excluding hydrogens is 381 g/mol. The number of carbonyl (C=O) groups is 1. The molecule has 0 radical (unpaired) electrons. The SMILES string of the molecule is O=C(OCC(F)(F)C(F)(F)C(F)(F)F)C(c1ccccc1)C1CCCCC1. The molecule has 0 amide bonds. The van der Waals surface area contributed by atoms with Gasteiger partial charge in [-0.25, -0.2) is 0 Å². The molecule has 1 aromatic rings. The van der Waals surface area contributed by atoms with Gasteiger partial charge >= 0.3 is 24.0 Å². The zero-order valence-corrected chi connectivity index (χ0v) is 14.2. The highest BCUT2D eigenvalue weighted by molar-refractivity contribution is 5.78. The molecule has 1 aliphatic carbocycles. The maximum Gasteiger partial charge on any atom is 0.460 e. The van der Waals surface area contributed by atoms with Crippen molar-refractivity contribution in [3.05, 3.63) is 35.9 Å². The van der Waals surface area contributed by atoms with Crippen LogP contribution in [0.2, 0.25) is 0 Å². The molecule has 1 aliphatic rings. The van der Waals surface area contributed by atoms with E-state index in [1.165, 1.54) is 0 Å². The normalized spacial score (nSPS) is 18.2. The molecule has 1 fully saturated rings. The largest absolute Gasteiger partial charge is 0.460 e. The summed E-state index contributed by atoms with van der Waals surface area (Å²) in [6, 6.07) is 8.05. The summed E-state index contributed by atoms with van der Waals surface area (Å²) < 4.78 is 93.7. The zero-order valence-electron chi connectivity index (χ0n) is 14.2. The predicted octanol–water partition coefficient (Wildman–Crippen LogP) is 5.73. The summed E-state index contributed by atoms with van der Waals surface area (Å²) in [5, 5.41) is 0. The minimum Gasteiger partial charge on any atom is -0.459 e. The highest BCUT2D eigenvalue weighted by Crippen LogP contribution is 2.47. The van der Waals surface area contributed by atoms with Crippen LogP contribution in [0.3, 0.4) is 0 Å². The third kappa shape index (κ3) is 4.73. The number of halogens is 7. The van der Waals surface area contributed by atoms with Gasteiger partial charge in [0.2, 0.25) is 0 Å². The van der Waals surface area contributed by atoms with Gasteiger partial charge in [0.1, 0.15) is 0 Å². The number of hydrogen-bond donors (Lipinski definition) is 0. The molecule has 27 heavy (non-hydrogen) atoms. The van der Waals surface area contributed by atoms with Crippen LogP contribution in [0.1, 0.15) is 43.6 Å². The van der Waals surface area contributed by atoms with E-state index < -0.39 is 36.5 Å². The Hall–Kier alpha value is -1.80. The topological polar surface area (TPSA) is 26.3 Å². The van der Waals surface area contributed by atoms with E-state index in [2.05, 4.69) is 4.74 Å². The van der Waals surface area contributed by atoms with E-state index in [1.54, 1.807) is 30.3 Å². The lowest BCUT2D eigenvalue weighted by molar-refractivity contribution is -0.359. The molecule has 0 bridgehead atoms. The second-order valence-electron chi connectivity index (χ2n) is 6.67. The number of ether oxygens (including phenoxy) is 1. The molecule has 2 nitrogen and oxygen atoms in total. The van der Waals surface area contributed by atoms with Gasteiger partial charge in [0.25, 0.3) is 0 Å². The maximum absolute atomic E-state index is 13.4. The third-order valence-corrected chi connectivity index (χ3v) is 4.74. The summed E-state index contributed by atoms with van der Waals surface area (Å²) >= 11 is 0. The molecule has 0 N–H and O–H groups in total. The number of carbonyl (C=O) groups excluding carboxylic acids is 1. The number of hydrogen-bond acceptors (Lipinski definition) is 2. The van der Waals surface area contributed by atoms with E-state index in [0.29, 0.717) is 18.4 Å². The van der Waals surface area contributed by atoms with Gasteiger partial charge in [-0.2, -0.15) is 30.7 Å². The fraction of sp³-hybridized carbons (Fsp3) is 0.611. The van der Waals surface area contributed by atoms with E-state index >= 15 is 0 Å². The van der Waals surface area contributed by atoms with Gasteiger partial charge in [-0.1, -0.05) is 49.6 Å². The second kappa shape index (κ2) is 8.06. The summed E-state index contributed by atoms with van der Waals surface area (Å²) in [5.74, 6) is -14.3. The Balaban J connectivity index is 2.16. The van der Waals surface area contributed by atoms with Crippen LogP contribution >= 0.6 is 0 Å². The molecule has 0 spiro atoms. The molecule has 0 aliphatic heterocycles. The Labute approximate surface area is 151 Å². The summed E-state index contributed by atoms with van der Waals surface area (Å²) in [4.78, 5) is 12.4. The van der Waals surface area contributed by atoms with Crippen molar-refractivity contribution >= 4 is 5.97 Å². The first-order valence-corrected chi connectivity index (χ1v) is 8.51. The molecule has 9 heteroatoms.